The summed E-state index contributed by atoms with van der Waals surface area (Å²) in [6.07, 6.45) is 1.62. The Morgan fingerprint density at radius 1 is 0.854 bits per heavy atom. The highest BCUT2D eigenvalue weighted by molar-refractivity contribution is 8.00. The lowest BCUT2D eigenvalue weighted by molar-refractivity contribution is -0.114. The van der Waals surface area contributed by atoms with Gasteiger partial charge in [-0.15, -0.1) is 11.8 Å². The summed E-state index contributed by atoms with van der Waals surface area (Å²) in [7, 11) is 0. The van der Waals surface area contributed by atoms with Crippen molar-refractivity contribution in [2.24, 2.45) is 0 Å². The van der Waals surface area contributed by atoms with E-state index in [1.807, 2.05) is 29.0 Å². The van der Waals surface area contributed by atoms with E-state index in [2.05, 4.69) is 16.0 Å². The molecule has 41 heavy (non-hydrogen) atoms. The minimum atomic E-state index is -0.480. The summed E-state index contributed by atoms with van der Waals surface area (Å²) < 4.78 is 4.96. The normalized spacial score (nSPS) is 10.9. The zero-order valence-corrected chi connectivity index (χ0v) is 23.7. The van der Waals surface area contributed by atoms with Crippen LogP contribution in [0, 0.1) is 0 Å². The van der Waals surface area contributed by atoms with Crippen molar-refractivity contribution in [1.82, 2.24) is 5.32 Å². The van der Waals surface area contributed by atoms with E-state index in [-0.39, 0.29) is 24.0 Å². The second kappa shape index (κ2) is 14.6. The monoisotopic (exact) mass is 585 g/mol. The average molecular weight is 586 g/mol. The Bertz CT molecular complexity index is 1540. The maximum atomic E-state index is 13.2. The van der Waals surface area contributed by atoms with Crippen LogP contribution in [0.1, 0.15) is 33.2 Å². The molecular formula is C31H27N3O5S2. The molecule has 0 aliphatic rings. The second-order valence-corrected chi connectivity index (χ2v) is 10.4. The van der Waals surface area contributed by atoms with Gasteiger partial charge in [-0.1, -0.05) is 24.3 Å². The fourth-order valence-electron chi connectivity index (χ4n) is 3.58. The van der Waals surface area contributed by atoms with Crippen LogP contribution in [0.25, 0.3) is 6.08 Å². The molecule has 208 valence electrons. The number of hydrogen-bond donors (Lipinski definition) is 3. The van der Waals surface area contributed by atoms with Crippen molar-refractivity contribution in [3.63, 3.8) is 0 Å². The Labute approximate surface area is 245 Å². The average Bonchev–Trinajstić information content (AvgIpc) is 3.50. The van der Waals surface area contributed by atoms with Gasteiger partial charge < -0.3 is 20.7 Å². The van der Waals surface area contributed by atoms with Gasteiger partial charge in [-0.05, 0) is 90.0 Å². The van der Waals surface area contributed by atoms with Gasteiger partial charge in [0.05, 0.1) is 17.9 Å². The summed E-state index contributed by atoms with van der Waals surface area (Å²) in [5.74, 6) is -1.38. The third kappa shape index (κ3) is 8.92. The van der Waals surface area contributed by atoms with Crippen LogP contribution in [0.3, 0.4) is 0 Å². The van der Waals surface area contributed by atoms with Gasteiger partial charge in [-0.3, -0.25) is 14.4 Å². The van der Waals surface area contributed by atoms with Gasteiger partial charge in [-0.2, -0.15) is 11.3 Å². The van der Waals surface area contributed by atoms with Crippen LogP contribution < -0.4 is 16.0 Å². The summed E-state index contributed by atoms with van der Waals surface area (Å²) in [5, 5.41) is 12.1. The number of thiophene rings is 1. The van der Waals surface area contributed by atoms with Crippen molar-refractivity contribution in [2.45, 2.75) is 11.8 Å². The third-order valence-corrected chi connectivity index (χ3v) is 7.22. The van der Waals surface area contributed by atoms with Crippen molar-refractivity contribution < 1.29 is 23.9 Å². The molecule has 0 unspecified atom stereocenters. The van der Waals surface area contributed by atoms with Crippen molar-refractivity contribution in [2.75, 3.05) is 23.0 Å². The third-order valence-electron chi connectivity index (χ3n) is 5.52. The molecule has 0 spiro atoms. The van der Waals surface area contributed by atoms with Crippen LogP contribution in [-0.2, 0) is 14.3 Å². The molecule has 1 aromatic heterocycles. The Morgan fingerprint density at radius 2 is 1.63 bits per heavy atom. The van der Waals surface area contributed by atoms with Crippen molar-refractivity contribution in [3.8, 4) is 0 Å². The molecule has 0 bridgehead atoms. The van der Waals surface area contributed by atoms with Crippen LogP contribution in [0.4, 0.5) is 11.4 Å². The number of rotatable bonds is 11. The largest absolute Gasteiger partial charge is 0.462 e. The molecule has 8 nitrogen and oxygen atoms in total. The zero-order valence-electron chi connectivity index (χ0n) is 22.1. The highest BCUT2D eigenvalue weighted by Gasteiger charge is 2.16. The molecule has 0 atom stereocenters. The fraction of sp³-hybridized carbons (Fsp3) is 0.0968. The van der Waals surface area contributed by atoms with Gasteiger partial charge >= 0.3 is 5.97 Å². The highest BCUT2D eigenvalue weighted by atomic mass is 32.2. The van der Waals surface area contributed by atoms with E-state index in [0.29, 0.717) is 22.5 Å². The van der Waals surface area contributed by atoms with Crippen LogP contribution in [0.15, 0.2) is 106 Å². The molecule has 0 saturated carbocycles. The summed E-state index contributed by atoms with van der Waals surface area (Å²) in [6, 6.07) is 24.1. The number of thioether (sulfide) groups is 1. The topological polar surface area (TPSA) is 114 Å². The van der Waals surface area contributed by atoms with Crippen LogP contribution in [0.2, 0.25) is 0 Å². The molecule has 0 aliphatic carbocycles. The van der Waals surface area contributed by atoms with Gasteiger partial charge in [0.15, 0.2) is 0 Å². The molecule has 1 heterocycles. The smallest absolute Gasteiger partial charge is 0.338 e. The number of benzene rings is 3. The Balaban J connectivity index is 1.36. The van der Waals surface area contributed by atoms with E-state index in [4.69, 9.17) is 4.74 Å². The van der Waals surface area contributed by atoms with Crippen LogP contribution in [0.5, 0.6) is 0 Å². The van der Waals surface area contributed by atoms with E-state index in [0.717, 1.165) is 10.5 Å². The molecule has 3 N–H and O–H groups in total. The SMILES string of the molecule is CCOC(=O)c1ccc(NC(=O)CSc2cccc(NC(=O)/C(=C/c3ccsc3)NC(=O)c3ccccc3)c2)cc1. The van der Waals surface area contributed by atoms with E-state index in [9.17, 15) is 19.2 Å². The Hall–Kier alpha value is -4.67. The molecule has 3 aromatic carbocycles. The summed E-state index contributed by atoms with van der Waals surface area (Å²) >= 11 is 2.79. The summed E-state index contributed by atoms with van der Waals surface area (Å²) in [5.41, 5.74) is 2.81. The molecule has 0 radical (unpaired) electrons. The number of amides is 3. The Kier molecular flexibility index (Phi) is 10.5. The fourth-order valence-corrected chi connectivity index (χ4v) is 4.95. The number of carbonyl (C=O) groups excluding carboxylic acids is 4. The molecule has 0 aliphatic heterocycles. The maximum Gasteiger partial charge on any atom is 0.338 e. The van der Waals surface area contributed by atoms with Gasteiger partial charge in [0.25, 0.3) is 11.8 Å². The number of hydrogen-bond acceptors (Lipinski definition) is 7. The highest BCUT2D eigenvalue weighted by Crippen LogP contribution is 2.23. The van der Waals surface area contributed by atoms with Crippen LogP contribution in [-0.4, -0.2) is 36.1 Å². The predicted molar refractivity (Wildman–Crippen MR) is 163 cm³/mol. The molecule has 4 aromatic rings. The molecule has 0 saturated heterocycles. The van der Waals surface area contributed by atoms with Gasteiger partial charge in [-0.25, -0.2) is 4.79 Å². The number of anilines is 2. The lowest BCUT2D eigenvalue weighted by Crippen LogP contribution is -2.30. The van der Waals surface area contributed by atoms with Crippen molar-refractivity contribution in [3.05, 3.63) is 118 Å². The molecule has 3 amide bonds. The van der Waals surface area contributed by atoms with Crippen LogP contribution >= 0.6 is 23.1 Å². The molecule has 10 heteroatoms. The second-order valence-electron chi connectivity index (χ2n) is 8.55. The maximum absolute atomic E-state index is 13.2. The number of nitrogens with one attached hydrogen (secondary N) is 3. The summed E-state index contributed by atoms with van der Waals surface area (Å²) in [6.45, 7) is 2.03. The number of esters is 1. The van der Waals surface area contributed by atoms with Crippen molar-refractivity contribution >= 4 is 64.2 Å². The standard InChI is InChI=1S/C31H27N3O5S2/c1-2-39-31(38)23-11-13-24(14-12-23)32-28(35)20-41-26-10-6-9-25(18-26)33-30(37)27(17-21-15-16-40-19-21)34-29(36)22-7-4-3-5-8-22/h3-19H,2,20H2,1H3,(H,32,35)(H,33,37)(H,34,36)/b27-17-. The van der Waals surface area contributed by atoms with E-state index >= 15 is 0 Å². The van der Waals surface area contributed by atoms with Gasteiger partial charge in [0.2, 0.25) is 5.91 Å². The number of carbonyl (C=O) groups is 4. The quantitative estimate of drug-likeness (QED) is 0.112. The first kappa shape index (κ1) is 29.3. The molecule has 0 fully saturated rings. The minimum absolute atomic E-state index is 0.101. The zero-order chi connectivity index (χ0) is 29.0. The first-order valence-corrected chi connectivity index (χ1v) is 14.6. The van der Waals surface area contributed by atoms with Crippen molar-refractivity contribution in [1.29, 1.82) is 0 Å². The predicted octanol–water partition coefficient (Wildman–Crippen LogP) is 6.07. The number of ether oxygens (including phenoxy) is 1. The van der Waals surface area contributed by atoms with E-state index < -0.39 is 17.8 Å². The first-order valence-electron chi connectivity index (χ1n) is 12.6. The lowest BCUT2D eigenvalue weighted by atomic mass is 10.2. The van der Waals surface area contributed by atoms with E-state index in [1.54, 1.807) is 79.7 Å². The van der Waals surface area contributed by atoms with Gasteiger partial charge in [0, 0.05) is 21.8 Å². The summed E-state index contributed by atoms with van der Waals surface area (Å²) in [4.78, 5) is 51.0. The minimum Gasteiger partial charge on any atom is -0.462 e. The lowest BCUT2D eigenvalue weighted by Gasteiger charge is -2.12. The molecular weight excluding hydrogens is 558 g/mol. The van der Waals surface area contributed by atoms with Gasteiger partial charge in [0.1, 0.15) is 5.70 Å². The Morgan fingerprint density at radius 3 is 2.34 bits per heavy atom. The molecule has 4 rings (SSSR count). The van der Waals surface area contributed by atoms with E-state index in [1.165, 1.54) is 23.1 Å². The first-order chi connectivity index (χ1) is 19.9.